The fourth-order valence-electron chi connectivity index (χ4n) is 2.56. The van der Waals surface area contributed by atoms with Crippen molar-refractivity contribution in [1.29, 1.82) is 0 Å². The van der Waals surface area contributed by atoms with E-state index in [2.05, 4.69) is 10.1 Å². The van der Waals surface area contributed by atoms with Gasteiger partial charge in [-0.15, -0.1) is 0 Å². The van der Waals surface area contributed by atoms with Crippen molar-refractivity contribution < 1.29 is 18.8 Å². The van der Waals surface area contributed by atoms with Gasteiger partial charge in [0.25, 0.3) is 11.8 Å². The predicted octanol–water partition coefficient (Wildman–Crippen LogP) is 3.23. The number of nitrogens with zero attached hydrogens (tertiary/aromatic N) is 3. The van der Waals surface area contributed by atoms with E-state index in [1.165, 1.54) is 0 Å². The number of hydrogen-bond donors (Lipinski definition) is 0. The maximum Gasteiger partial charge on any atom is 0.265 e. The topological polar surface area (TPSA) is 77.7 Å². The average molecular weight is 372 g/mol. The molecule has 0 bridgehead atoms. The molecule has 3 aromatic rings. The molecule has 4 rings (SSSR count). The minimum absolute atomic E-state index is 0.0125. The normalized spacial score (nSPS) is 13.3. The summed E-state index contributed by atoms with van der Waals surface area (Å²) in [7, 11) is 0. The number of para-hydroxylation sites is 2. The number of benzene rings is 2. The van der Waals surface area contributed by atoms with Gasteiger partial charge in [0, 0.05) is 5.02 Å². The van der Waals surface area contributed by atoms with Crippen LogP contribution in [-0.4, -0.2) is 22.7 Å². The lowest BCUT2D eigenvalue weighted by molar-refractivity contribution is -0.121. The van der Waals surface area contributed by atoms with Gasteiger partial charge in [-0.25, -0.2) is 0 Å². The molecule has 1 aliphatic rings. The molecule has 2 aromatic carbocycles. The Hall–Kier alpha value is -3.06. The van der Waals surface area contributed by atoms with Gasteiger partial charge in [0.2, 0.25) is 0 Å². The zero-order chi connectivity index (χ0) is 17.9. The number of carbonyl (C=O) groups is 1. The summed E-state index contributed by atoms with van der Waals surface area (Å²) in [5.41, 5.74) is 0.688. The molecule has 0 N–H and O–H groups in total. The molecule has 8 heteroatoms. The molecule has 0 atom stereocenters. The van der Waals surface area contributed by atoms with Crippen molar-refractivity contribution in [2.75, 3.05) is 11.5 Å². The molecule has 1 amide bonds. The van der Waals surface area contributed by atoms with Crippen LogP contribution < -0.4 is 14.4 Å². The number of ether oxygens (including phenoxy) is 2. The third kappa shape index (κ3) is 3.48. The molecule has 0 unspecified atom stereocenters. The summed E-state index contributed by atoms with van der Waals surface area (Å²) in [6.45, 7) is 0.313. The quantitative estimate of drug-likeness (QED) is 0.685. The first-order valence-corrected chi connectivity index (χ1v) is 8.29. The molecule has 1 aliphatic heterocycles. The van der Waals surface area contributed by atoms with Crippen LogP contribution in [-0.2, 0) is 17.9 Å². The van der Waals surface area contributed by atoms with Crippen molar-refractivity contribution in [2.45, 2.75) is 13.2 Å². The van der Waals surface area contributed by atoms with Gasteiger partial charge in [-0.2, -0.15) is 4.98 Å². The lowest BCUT2D eigenvalue weighted by atomic mass is 10.2. The minimum Gasteiger partial charge on any atom is -0.484 e. The molecule has 0 fully saturated rings. The second-order valence-corrected chi connectivity index (χ2v) is 6.02. The van der Waals surface area contributed by atoms with E-state index in [0.717, 1.165) is 0 Å². The summed E-state index contributed by atoms with van der Waals surface area (Å²) >= 11 is 5.84. The summed E-state index contributed by atoms with van der Waals surface area (Å²) in [6, 6.07) is 14.3. The van der Waals surface area contributed by atoms with E-state index in [-0.39, 0.29) is 25.7 Å². The zero-order valence-electron chi connectivity index (χ0n) is 13.6. The lowest BCUT2D eigenvalue weighted by Gasteiger charge is -2.28. The third-order valence-electron chi connectivity index (χ3n) is 3.79. The second-order valence-electron chi connectivity index (χ2n) is 5.58. The highest BCUT2D eigenvalue weighted by atomic mass is 35.5. The number of carbonyl (C=O) groups excluding carboxylic acids is 1. The Balaban J connectivity index is 1.43. The van der Waals surface area contributed by atoms with E-state index in [1.807, 2.05) is 24.3 Å². The molecule has 0 aliphatic carbocycles. The number of anilines is 1. The molecule has 0 saturated heterocycles. The van der Waals surface area contributed by atoms with Gasteiger partial charge in [0.15, 0.2) is 19.0 Å². The predicted molar refractivity (Wildman–Crippen MR) is 93.2 cm³/mol. The van der Waals surface area contributed by atoms with Crippen LogP contribution in [0.2, 0.25) is 5.02 Å². The summed E-state index contributed by atoms with van der Waals surface area (Å²) in [5.74, 6) is 1.86. The van der Waals surface area contributed by atoms with Crippen molar-refractivity contribution in [2.24, 2.45) is 0 Å². The number of halogens is 1. The molecule has 0 spiro atoms. The van der Waals surface area contributed by atoms with E-state index in [9.17, 15) is 4.79 Å². The SMILES string of the molecule is O=C1COc2ccccc2N1Cc1noc(COc2ccc(Cl)cc2)n1. The van der Waals surface area contributed by atoms with Crippen LogP contribution in [0.4, 0.5) is 5.69 Å². The smallest absolute Gasteiger partial charge is 0.265 e. The Morgan fingerprint density at radius 1 is 1.15 bits per heavy atom. The van der Waals surface area contributed by atoms with Crippen molar-refractivity contribution in [1.82, 2.24) is 10.1 Å². The van der Waals surface area contributed by atoms with Crippen molar-refractivity contribution in [3.05, 3.63) is 65.3 Å². The van der Waals surface area contributed by atoms with Gasteiger partial charge in [-0.3, -0.25) is 9.69 Å². The Bertz CT molecular complexity index is 926. The van der Waals surface area contributed by atoms with Crippen LogP contribution in [0.1, 0.15) is 11.7 Å². The molecule has 1 aromatic heterocycles. The first-order valence-electron chi connectivity index (χ1n) is 7.91. The van der Waals surface area contributed by atoms with Gasteiger partial charge in [0.1, 0.15) is 11.5 Å². The van der Waals surface area contributed by atoms with Gasteiger partial charge in [0.05, 0.1) is 12.2 Å². The van der Waals surface area contributed by atoms with E-state index in [1.54, 1.807) is 29.2 Å². The molecule has 7 nitrogen and oxygen atoms in total. The van der Waals surface area contributed by atoms with Crippen LogP contribution in [0, 0.1) is 0 Å². The molecule has 132 valence electrons. The maximum absolute atomic E-state index is 12.2. The molecule has 2 heterocycles. The molecular weight excluding hydrogens is 358 g/mol. The van der Waals surface area contributed by atoms with Crippen LogP contribution in [0.5, 0.6) is 11.5 Å². The average Bonchev–Trinajstić information content (AvgIpc) is 3.11. The lowest BCUT2D eigenvalue weighted by Crippen LogP contribution is -2.38. The monoisotopic (exact) mass is 371 g/mol. The first-order chi connectivity index (χ1) is 12.7. The summed E-state index contributed by atoms with van der Waals surface area (Å²) in [4.78, 5) is 18.0. The zero-order valence-corrected chi connectivity index (χ0v) is 14.3. The summed E-state index contributed by atoms with van der Waals surface area (Å²) in [5, 5.41) is 4.55. The molecule has 0 radical (unpaired) electrons. The molecule has 26 heavy (non-hydrogen) atoms. The number of hydrogen-bond acceptors (Lipinski definition) is 6. The summed E-state index contributed by atoms with van der Waals surface area (Å²) < 4.78 is 16.2. The Kier molecular flexibility index (Phi) is 4.45. The maximum atomic E-state index is 12.2. The standard InChI is InChI=1S/C18H14ClN3O4/c19-12-5-7-13(8-6-12)24-10-17-20-16(21-26-17)9-22-14-3-1-2-4-15(14)25-11-18(22)23/h1-8H,9-11H2. The number of aromatic nitrogens is 2. The fourth-order valence-corrected chi connectivity index (χ4v) is 2.68. The summed E-state index contributed by atoms with van der Waals surface area (Å²) in [6.07, 6.45) is 0. The highest BCUT2D eigenvalue weighted by Crippen LogP contribution is 2.32. The highest BCUT2D eigenvalue weighted by molar-refractivity contribution is 6.30. The number of fused-ring (bicyclic) bond motifs is 1. The van der Waals surface area contributed by atoms with Crippen molar-refractivity contribution in [3.8, 4) is 11.5 Å². The van der Waals surface area contributed by atoms with Crippen LogP contribution in [0.25, 0.3) is 0 Å². The van der Waals surface area contributed by atoms with Gasteiger partial charge < -0.3 is 14.0 Å². The second kappa shape index (κ2) is 7.05. The van der Waals surface area contributed by atoms with Crippen molar-refractivity contribution >= 4 is 23.2 Å². The van der Waals surface area contributed by atoms with Crippen LogP contribution >= 0.6 is 11.6 Å². The highest BCUT2D eigenvalue weighted by Gasteiger charge is 2.26. The van der Waals surface area contributed by atoms with E-state index < -0.39 is 0 Å². The van der Waals surface area contributed by atoms with E-state index in [0.29, 0.717) is 33.9 Å². The molecule has 0 saturated carbocycles. The van der Waals surface area contributed by atoms with Crippen LogP contribution in [0.3, 0.4) is 0 Å². The minimum atomic E-state index is -0.160. The van der Waals surface area contributed by atoms with E-state index in [4.69, 9.17) is 25.6 Å². The van der Waals surface area contributed by atoms with Crippen molar-refractivity contribution in [3.63, 3.8) is 0 Å². The number of rotatable bonds is 5. The van der Waals surface area contributed by atoms with Crippen LogP contribution in [0.15, 0.2) is 53.1 Å². The number of amides is 1. The first kappa shape index (κ1) is 16.4. The fraction of sp³-hybridized carbons (Fsp3) is 0.167. The largest absolute Gasteiger partial charge is 0.484 e. The Morgan fingerprint density at radius 2 is 1.96 bits per heavy atom. The molecular formula is C18H14ClN3O4. The van der Waals surface area contributed by atoms with Gasteiger partial charge in [-0.05, 0) is 36.4 Å². The van der Waals surface area contributed by atoms with Gasteiger partial charge in [-0.1, -0.05) is 28.9 Å². The van der Waals surface area contributed by atoms with Gasteiger partial charge >= 0.3 is 0 Å². The Labute approximate surface area is 154 Å². The third-order valence-corrected chi connectivity index (χ3v) is 4.05. The van der Waals surface area contributed by atoms with E-state index >= 15 is 0 Å². The Morgan fingerprint density at radius 3 is 2.81 bits per heavy atom.